The third kappa shape index (κ3) is 4.33. The molecule has 0 saturated heterocycles. The van der Waals surface area contributed by atoms with Gasteiger partial charge >= 0.3 is 0 Å². The SMILES string of the molecule is Cc1cccc(OCCNCCc2cccs2)c1F. The summed E-state index contributed by atoms with van der Waals surface area (Å²) in [5.74, 6) is 0.0705. The summed E-state index contributed by atoms with van der Waals surface area (Å²) in [7, 11) is 0. The van der Waals surface area contributed by atoms with Gasteiger partial charge in [0.1, 0.15) is 6.61 Å². The Kier molecular flexibility index (Phi) is 5.36. The highest BCUT2D eigenvalue weighted by atomic mass is 32.1. The Morgan fingerprint density at radius 1 is 1.21 bits per heavy atom. The lowest BCUT2D eigenvalue weighted by molar-refractivity contribution is 0.298. The van der Waals surface area contributed by atoms with Crippen LogP contribution in [-0.4, -0.2) is 19.7 Å². The first-order valence-electron chi connectivity index (χ1n) is 6.38. The Labute approximate surface area is 117 Å². The molecule has 0 atom stereocenters. The number of benzene rings is 1. The van der Waals surface area contributed by atoms with Crippen molar-refractivity contribution in [1.82, 2.24) is 5.32 Å². The quantitative estimate of drug-likeness (QED) is 0.784. The predicted octanol–water partition coefficient (Wildman–Crippen LogP) is 3.41. The molecule has 1 N–H and O–H groups in total. The molecule has 0 spiro atoms. The van der Waals surface area contributed by atoms with E-state index in [0.29, 0.717) is 17.9 Å². The molecule has 2 rings (SSSR count). The van der Waals surface area contributed by atoms with Crippen molar-refractivity contribution in [2.75, 3.05) is 19.7 Å². The Bertz CT molecular complexity index is 499. The van der Waals surface area contributed by atoms with Gasteiger partial charge in [-0.3, -0.25) is 0 Å². The molecular weight excluding hydrogens is 261 g/mol. The molecule has 0 fully saturated rings. The Morgan fingerprint density at radius 2 is 2.11 bits per heavy atom. The number of hydrogen-bond acceptors (Lipinski definition) is 3. The van der Waals surface area contributed by atoms with E-state index in [1.165, 1.54) is 4.88 Å². The van der Waals surface area contributed by atoms with Crippen molar-refractivity contribution in [2.45, 2.75) is 13.3 Å². The maximum absolute atomic E-state index is 13.6. The number of thiophene rings is 1. The van der Waals surface area contributed by atoms with Crippen molar-refractivity contribution >= 4 is 11.3 Å². The fourth-order valence-electron chi connectivity index (χ4n) is 1.76. The van der Waals surface area contributed by atoms with Gasteiger partial charge in [0.05, 0.1) is 0 Å². The molecule has 0 aliphatic rings. The second-order valence-corrected chi connectivity index (χ2v) is 5.35. The van der Waals surface area contributed by atoms with E-state index in [9.17, 15) is 4.39 Å². The standard InChI is InChI=1S/C15H18FNOS/c1-12-4-2-6-14(15(12)16)18-10-9-17-8-7-13-5-3-11-19-13/h2-6,11,17H,7-10H2,1H3. The lowest BCUT2D eigenvalue weighted by Gasteiger charge is -2.09. The number of halogens is 1. The monoisotopic (exact) mass is 279 g/mol. The smallest absolute Gasteiger partial charge is 0.167 e. The van der Waals surface area contributed by atoms with Crippen LogP contribution in [0.3, 0.4) is 0 Å². The first kappa shape index (κ1) is 14.0. The van der Waals surface area contributed by atoms with Crippen LogP contribution in [0.4, 0.5) is 4.39 Å². The van der Waals surface area contributed by atoms with Crippen LogP contribution in [0.5, 0.6) is 5.75 Å². The first-order valence-corrected chi connectivity index (χ1v) is 7.26. The second kappa shape index (κ2) is 7.26. The summed E-state index contributed by atoms with van der Waals surface area (Å²) < 4.78 is 19.0. The molecule has 0 aliphatic carbocycles. The van der Waals surface area contributed by atoms with E-state index >= 15 is 0 Å². The Hall–Kier alpha value is -1.39. The summed E-state index contributed by atoms with van der Waals surface area (Å²) in [4.78, 5) is 1.37. The van der Waals surface area contributed by atoms with Gasteiger partial charge in [-0.05, 0) is 36.4 Å². The molecule has 0 amide bonds. The number of ether oxygens (including phenoxy) is 1. The zero-order chi connectivity index (χ0) is 13.5. The number of hydrogen-bond donors (Lipinski definition) is 1. The van der Waals surface area contributed by atoms with Crippen LogP contribution < -0.4 is 10.1 Å². The topological polar surface area (TPSA) is 21.3 Å². The van der Waals surface area contributed by atoms with Gasteiger partial charge in [-0.2, -0.15) is 0 Å². The maximum atomic E-state index is 13.6. The zero-order valence-electron chi connectivity index (χ0n) is 11.0. The van der Waals surface area contributed by atoms with Gasteiger partial charge in [0.15, 0.2) is 11.6 Å². The molecule has 0 radical (unpaired) electrons. The van der Waals surface area contributed by atoms with Crippen LogP contribution >= 0.6 is 11.3 Å². The molecular formula is C15H18FNOS. The van der Waals surface area contributed by atoms with E-state index < -0.39 is 0 Å². The number of nitrogens with one attached hydrogen (secondary N) is 1. The predicted molar refractivity (Wildman–Crippen MR) is 77.5 cm³/mol. The molecule has 1 heterocycles. The Balaban J connectivity index is 1.63. The van der Waals surface area contributed by atoms with Gasteiger partial charge in [0, 0.05) is 18.0 Å². The van der Waals surface area contributed by atoms with E-state index in [2.05, 4.69) is 22.8 Å². The summed E-state index contributed by atoms with van der Waals surface area (Å²) in [6, 6.07) is 9.39. The van der Waals surface area contributed by atoms with E-state index in [1.807, 2.05) is 0 Å². The normalized spacial score (nSPS) is 10.6. The van der Waals surface area contributed by atoms with Crippen molar-refractivity contribution in [3.8, 4) is 5.75 Å². The lowest BCUT2D eigenvalue weighted by Crippen LogP contribution is -2.23. The van der Waals surface area contributed by atoms with Gasteiger partial charge in [0.2, 0.25) is 0 Å². The first-order chi connectivity index (χ1) is 9.27. The van der Waals surface area contributed by atoms with Crippen LogP contribution in [0.25, 0.3) is 0 Å². The summed E-state index contributed by atoms with van der Waals surface area (Å²) in [5.41, 5.74) is 0.614. The van der Waals surface area contributed by atoms with Crippen LogP contribution in [0, 0.1) is 12.7 Å². The molecule has 4 heteroatoms. The van der Waals surface area contributed by atoms with Crippen molar-refractivity contribution < 1.29 is 9.13 Å². The highest BCUT2D eigenvalue weighted by Crippen LogP contribution is 2.19. The fraction of sp³-hybridized carbons (Fsp3) is 0.333. The second-order valence-electron chi connectivity index (χ2n) is 4.31. The molecule has 1 aromatic heterocycles. The van der Waals surface area contributed by atoms with Crippen molar-refractivity contribution in [1.29, 1.82) is 0 Å². The molecule has 102 valence electrons. The lowest BCUT2D eigenvalue weighted by atomic mass is 10.2. The van der Waals surface area contributed by atoms with E-state index in [1.54, 1.807) is 36.5 Å². The average molecular weight is 279 g/mol. The molecule has 0 aliphatic heterocycles. The molecule has 0 saturated carbocycles. The number of rotatable bonds is 7. The van der Waals surface area contributed by atoms with Crippen molar-refractivity contribution in [3.63, 3.8) is 0 Å². The largest absolute Gasteiger partial charge is 0.489 e. The number of aryl methyl sites for hydroxylation is 1. The van der Waals surface area contributed by atoms with Gasteiger partial charge in [-0.15, -0.1) is 11.3 Å². The summed E-state index contributed by atoms with van der Waals surface area (Å²) >= 11 is 1.77. The van der Waals surface area contributed by atoms with Gasteiger partial charge < -0.3 is 10.1 Å². The molecule has 2 nitrogen and oxygen atoms in total. The minimum Gasteiger partial charge on any atom is -0.489 e. The van der Waals surface area contributed by atoms with Gasteiger partial charge in [-0.1, -0.05) is 18.2 Å². The molecule has 1 aromatic carbocycles. The van der Waals surface area contributed by atoms with Crippen molar-refractivity contribution in [3.05, 3.63) is 52.0 Å². The summed E-state index contributed by atoms with van der Waals surface area (Å²) in [5, 5.41) is 5.37. The minimum atomic E-state index is -0.263. The molecule has 0 unspecified atom stereocenters. The van der Waals surface area contributed by atoms with E-state index in [4.69, 9.17) is 4.74 Å². The van der Waals surface area contributed by atoms with Crippen LogP contribution in [0.1, 0.15) is 10.4 Å². The van der Waals surface area contributed by atoms with Crippen molar-refractivity contribution in [2.24, 2.45) is 0 Å². The Morgan fingerprint density at radius 3 is 2.89 bits per heavy atom. The maximum Gasteiger partial charge on any atom is 0.167 e. The molecule has 0 bridgehead atoms. The molecule has 2 aromatic rings. The third-order valence-electron chi connectivity index (χ3n) is 2.82. The average Bonchev–Trinajstić information content (AvgIpc) is 2.91. The van der Waals surface area contributed by atoms with Crippen LogP contribution in [0.2, 0.25) is 0 Å². The fourth-order valence-corrected chi connectivity index (χ4v) is 2.47. The highest BCUT2D eigenvalue weighted by molar-refractivity contribution is 7.09. The van der Waals surface area contributed by atoms with Crippen LogP contribution in [-0.2, 0) is 6.42 Å². The van der Waals surface area contributed by atoms with E-state index in [-0.39, 0.29) is 5.82 Å². The molecule has 19 heavy (non-hydrogen) atoms. The minimum absolute atomic E-state index is 0.263. The summed E-state index contributed by atoms with van der Waals surface area (Å²) in [6.45, 7) is 3.85. The third-order valence-corrected chi connectivity index (χ3v) is 3.76. The highest BCUT2D eigenvalue weighted by Gasteiger charge is 2.04. The zero-order valence-corrected chi connectivity index (χ0v) is 11.8. The van der Waals surface area contributed by atoms with Gasteiger partial charge in [-0.25, -0.2) is 4.39 Å². The van der Waals surface area contributed by atoms with E-state index in [0.717, 1.165) is 19.5 Å². The summed E-state index contributed by atoms with van der Waals surface area (Å²) in [6.07, 6.45) is 1.02. The van der Waals surface area contributed by atoms with Gasteiger partial charge in [0.25, 0.3) is 0 Å². The van der Waals surface area contributed by atoms with Crippen LogP contribution in [0.15, 0.2) is 35.7 Å².